The number of rotatable bonds is 9. The number of carbonyl (C=O) groups excluding carboxylic acids is 1. The van der Waals surface area contributed by atoms with Gasteiger partial charge in [0.1, 0.15) is 5.01 Å². The van der Waals surface area contributed by atoms with Crippen molar-refractivity contribution in [3.63, 3.8) is 0 Å². The third kappa shape index (κ3) is 5.72. The van der Waals surface area contributed by atoms with Crippen LogP contribution in [0.1, 0.15) is 49.1 Å². The summed E-state index contributed by atoms with van der Waals surface area (Å²) in [6.45, 7) is 4.21. The Kier molecular flexibility index (Phi) is 6.70. The van der Waals surface area contributed by atoms with Gasteiger partial charge in [-0.25, -0.2) is 4.98 Å². The summed E-state index contributed by atoms with van der Waals surface area (Å²) in [5.74, 6) is 1.16. The van der Waals surface area contributed by atoms with E-state index >= 15 is 0 Å². The largest absolute Gasteiger partial charge is 0.441 e. The maximum atomic E-state index is 12.1. The van der Waals surface area contributed by atoms with Gasteiger partial charge in [-0.1, -0.05) is 60.9 Å². The maximum Gasteiger partial charge on any atom is 0.226 e. The van der Waals surface area contributed by atoms with Gasteiger partial charge in [0.2, 0.25) is 11.0 Å². The number of nitrogens with zero attached hydrogens (tertiary/aromatic N) is 3. The van der Waals surface area contributed by atoms with E-state index in [0.29, 0.717) is 29.6 Å². The Morgan fingerprint density at radius 3 is 2.74 bits per heavy atom. The van der Waals surface area contributed by atoms with Crippen LogP contribution in [0.4, 0.5) is 5.13 Å². The van der Waals surface area contributed by atoms with Crippen LogP contribution >= 0.6 is 11.3 Å². The third-order valence-corrected chi connectivity index (χ3v) is 5.06. The van der Waals surface area contributed by atoms with Crippen LogP contribution in [0.5, 0.6) is 0 Å². The van der Waals surface area contributed by atoms with Gasteiger partial charge >= 0.3 is 0 Å². The zero-order chi connectivity index (χ0) is 19.1. The molecule has 0 fully saturated rings. The van der Waals surface area contributed by atoms with Crippen molar-refractivity contribution >= 4 is 22.4 Å². The minimum atomic E-state index is -0.110. The molecule has 1 N–H and O–H groups in total. The summed E-state index contributed by atoms with van der Waals surface area (Å²) < 4.78 is 5.75. The van der Waals surface area contributed by atoms with E-state index in [2.05, 4.69) is 27.4 Å². The number of amides is 1. The number of carbonyl (C=O) groups is 1. The van der Waals surface area contributed by atoms with Gasteiger partial charge in [-0.05, 0) is 13.3 Å². The monoisotopic (exact) mass is 384 g/mol. The summed E-state index contributed by atoms with van der Waals surface area (Å²) in [4.78, 5) is 16.4. The second-order valence-electron chi connectivity index (χ2n) is 6.49. The van der Waals surface area contributed by atoms with E-state index in [-0.39, 0.29) is 5.91 Å². The lowest BCUT2D eigenvalue weighted by molar-refractivity contribution is -0.116. The molecular formula is C20H24N4O2S. The third-order valence-electron chi connectivity index (χ3n) is 4.16. The predicted molar refractivity (Wildman–Crippen MR) is 107 cm³/mol. The lowest BCUT2D eigenvalue weighted by atomic mass is 10.1. The zero-order valence-corrected chi connectivity index (χ0v) is 16.5. The van der Waals surface area contributed by atoms with Gasteiger partial charge in [0.25, 0.3) is 0 Å². The summed E-state index contributed by atoms with van der Waals surface area (Å²) in [5.41, 5.74) is 2.17. The number of aromatic nitrogens is 3. The van der Waals surface area contributed by atoms with Crippen LogP contribution in [0.3, 0.4) is 0 Å². The maximum absolute atomic E-state index is 12.1. The smallest absolute Gasteiger partial charge is 0.226 e. The molecule has 0 aliphatic carbocycles. The van der Waals surface area contributed by atoms with Crippen molar-refractivity contribution in [3.8, 4) is 11.3 Å². The van der Waals surface area contributed by atoms with Crippen molar-refractivity contribution in [1.82, 2.24) is 15.2 Å². The molecular weight excluding hydrogens is 360 g/mol. The molecule has 0 radical (unpaired) electrons. The molecule has 3 aromatic rings. The number of anilines is 1. The van der Waals surface area contributed by atoms with Crippen molar-refractivity contribution in [2.24, 2.45) is 0 Å². The Morgan fingerprint density at radius 2 is 1.96 bits per heavy atom. The van der Waals surface area contributed by atoms with Crippen molar-refractivity contribution in [3.05, 3.63) is 46.9 Å². The minimum absolute atomic E-state index is 0.110. The lowest BCUT2D eigenvalue weighted by Gasteiger charge is -1.99. The van der Waals surface area contributed by atoms with E-state index < -0.39 is 0 Å². The highest BCUT2D eigenvalue weighted by molar-refractivity contribution is 7.15. The van der Waals surface area contributed by atoms with E-state index in [0.717, 1.165) is 23.4 Å². The second kappa shape index (κ2) is 9.41. The van der Waals surface area contributed by atoms with Crippen LogP contribution in [-0.4, -0.2) is 21.1 Å². The van der Waals surface area contributed by atoms with Gasteiger partial charge in [-0.2, -0.15) is 0 Å². The van der Waals surface area contributed by atoms with Gasteiger partial charge in [0.05, 0.1) is 6.20 Å². The highest BCUT2D eigenvalue weighted by atomic mass is 32.1. The van der Waals surface area contributed by atoms with Crippen molar-refractivity contribution in [2.75, 3.05) is 5.32 Å². The highest BCUT2D eigenvalue weighted by Gasteiger charge is 2.11. The number of hydrogen-bond donors (Lipinski definition) is 1. The van der Waals surface area contributed by atoms with Crippen molar-refractivity contribution in [2.45, 2.75) is 52.4 Å². The zero-order valence-electron chi connectivity index (χ0n) is 15.7. The Hall–Kier alpha value is -2.54. The number of oxazole rings is 1. The molecule has 3 rings (SSSR count). The summed E-state index contributed by atoms with van der Waals surface area (Å²) in [6.07, 6.45) is 6.81. The Balaban J connectivity index is 1.47. The molecule has 2 aromatic heterocycles. The lowest BCUT2D eigenvalue weighted by Crippen LogP contribution is -2.12. The number of nitrogens with one attached hydrogen (secondary N) is 1. The van der Waals surface area contributed by atoms with Gasteiger partial charge in [-0.3, -0.25) is 4.79 Å². The highest BCUT2D eigenvalue weighted by Crippen LogP contribution is 2.22. The van der Waals surface area contributed by atoms with Crippen LogP contribution in [0.25, 0.3) is 11.3 Å². The SMILES string of the molecule is CCCCCc1nnc(NC(=O)CCc2ncc(-c3ccc(C)cc3)o2)s1. The van der Waals surface area contributed by atoms with Gasteiger partial charge < -0.3 is 9.73 Å². The van der Waals surface area contributed by atoms with Gasteiger partial charge in [0, 0.05) is 24.8 Å². The number of aryl methyl sites for hydroxylation is 3. The summed E-state index contributed by atoms with van der Waals surface area (Å²) in [7, 11) is 0. The molecule has 0 spiro atoms. The molecule has 0 aliphatic rings. The van der Waals surface area contributed by atoms with Crippen LogP contribution in [0.2, 0.25) is 0 Å². The molecule has 0 bridgehead atoms. The summed E-state index contributed by atoms with van der Waals surface area (Å²) >= 11 is 1.44. The fourth-order valence-electron chi connectivity index (χ4n) is 2.61. The molecule has 1 amide bonds. The fourth-order valence-corrected chi connectivity index (χ4v) is 3.41. The second-order valence-corrected chi connectivity index (χ2v) is 7.55. The average molecular weight is 385 g/mol. The molecule has 27 heavy (non-hydrogen) atoms. The number of unbranched alkanes of at least 4 members (excludes halogenated alkanes) is 2. The van der Waals surface area contributed by atoms with Crippen molar-refractivity contribution in [1.29, 1.82) is 0 Å². The molecule has 1 aromatic carbocycles. The molecule has 0 unspecified atom stereocenters. The normalized spacial score (nSPS) is 10.9. The van der Waals surface area contributed by atoms with Gasteiger partial charge in [-0.15, -0.1) is 10.2 Å². The van der Waals surface area contributed by atoms with E-state index in [1.807, 2.05) is 31.2 Å². The van der Waals surface area contributed by atoms with Crippen LogP contribution in [0, 0.1) is 6.92 Å². The summed E-state index contributed by atoms with van der Waals surface area (Å²) in [6, 6.07) is 8.06. The molecule has 7 heteroatoms. The van der Waals surface area contributed by atoms with Crippen LogP contribution in [0.15, 0.2) is 34.9 Å². The molecule has 0 saturated carbocycles. The van der Waals surface area contributed by atoms with Gasteiger partial charge in [0.15, 0.2) is 11.7 Å². The average Bonchev–Trinajstić information content (AvgIpc) is 3.31. The topological polar surface area (TPSA) is 80.9 Å². The Morgan fingerprint density at radius 1 is 1.15 bits per heavy atom. The first-order valence-electron chi connectivity index (χ1n) is 9.28. The Labute approximate surface area is 163 Å². The molecule has 142 valence electrons. The van der Waals surface area contributed by atoms with Crippen LogP contribution < -0.4 is 5.32 Å². The molecule has 0 atom stereocenters. The molecule has 0 saturated heterocycles. The fraction of sp³-hybridized carbons (Fsp3) is 0.400. The van der Waals surface area contributed by atoms with E-state index in [4.69, 9.17) is 4.42 Å². The first-order valence-corrected chi connectivity index (χ1v) is 10.1. The Bertz CT molecular complexity index is 870. The van der Waals surface area contributed by atoms with E-state index in [1.165, 1.54) is 29.7 Å². The first kappa shape index (κ1) is 19.2. The number of hydrogen-bond acceptors (Lipinski definition) is 6. The predicted octanol–water partition coefficient (Wildman–Crippen LogP) is 4.81. The molecule has 6 nitrogen and oxygen atoms in total. The molecule has 0 aliphatic heterocycles. The first-order chi connectivity index (χ1) is 13.1. The quantitative estimate of drug-likeness (QED) is 0.536. The minimum Gasteiger partial charge on any atom is -0.441 e. The molecule has 2 heterocycles. The number of benzene rings is 1. The van der Waals surface area contributed by atoms with Crippen molar-refractivity contribution < 1.29 is 9.21 Å². The summed E-state index contributed by atoms with van der Waals surface area (Å²) in [5, 5.41) is 12.5. The standard InChI is InChI=1S/C20H24N4O2S/c1-3-4-5-6-19-23-24-20(27-19)22-17(25)11-12-18-21-13-16(26-18)15-9-7-14(2)8-10-15/h7-10,13H,3-6,11-12H2,1-2H3,(H,22,24,25). The van der Waals surface area contributed by atoms with Crippen LogP contribution in [-0.2, 0) is 17.6 Å². The van der Waals surface area contributed by atoms with E-state index in [9.17, 15) is 4.79 Å². The van der Waals surface area contributed by atoms with E-state index in [1.54, 1.807) is 6.20 Å².